The van der Waals surface area contributed by atoms with Crippen molar-refractivity contribution in [2.45, 2.75) is 83.4 Å². The maximum Gasteiger partial charge on any atom is 0.410 e. The summed E-state index contributed by atoms with van der Waals surface area (Å²) < 4.78 is 11.2. The number of carbonyl (C=O) groups is 7. The van der Waals surface area contributed by atoms with E-state index >= 15 is 0 Å². The second-order valence-corrected chi connectivity index (χ2v) is 14.3. The molecule has 7 amide bonds. The number of aliphatic hydroxyl groups is 2. The Morgan fingerprint density at radius 2 is 1.64 bits per heavy atom. The highest BCUT2D eigenvalue weighted by Crippen LogP contribution is 2.24. The number of imidazole rings is 1. The first-order valence-corrected chi connectivity index (χ1v) is 18.6. The van der Waals surface area contributed by atoms with Crippen molar-refractivity contribution in [2.75, 3.05) is 30.8 Å². The molecule has 59 heavy (non-hydrogen) atoms. The molecule has 1 fully saturated rings. The number of carbonyl (C=O) groups excluding carboxylic acids is 7. The molecule has 4 heterocycles. The fourth-order valence-corrected chi connectivity index (χ4v) is 6.11. The van der Waals surface area contributed by atoms with E-state index in [0.717, 1.165) is 22.0 Å². The van der Waals surface area contributed by atoms with Gasteiger partial charge in [0.15, 0.2) is 17.7 Å². The molecule has 1 aromatic carbocycles. The number of likely N-dealkylation sites (N-methyl/N-ethyl adjacent to an activating group) is 1. The summed E-state index contributed by atoms with van der Waals surface area (Å²) in [5, 5.41) is 35.0. The van der Waals surface area contributed by atoms with Crippen molar-refractivity contribution in [1.29, 1.82) is 0 Å². The minimum absolute atomic E-state index is 0.140. The molecule has 3 aromatic rings. The van der Waals surface area contributed by atoms with E-state index in [2.05, 4.69) is 46.5 Å². The third-order valence-electron chi connectivity index (χ3n) is 9.48. The average Bonchev–Trinajstić information content (AvgIpc) is 3.81. The number of nitrogens with one attached hydrogen (secondary N) is 6. The van der Waals surface area contributed by atoms with E-state index in [1.54, 1.807) is 45.0 Å². The Bertz CT molecular complexity index is 2060. The molecule has 0 aliphatic carbocycles. The van der Waals surface area contributed by atoms with Crippen LogP contribution in [-0.4, -0.2) is 144 Å². The van der Waals surface area contributed by atoms with Crippen molar-refractivity contribution in [2.24, 2.45) is 5.92 Å². The monoisotopic (exact) mass is 821 g/mol. The van der Waals surface area contributed by atoms with Gasteiger partial charge in [-0.3, -0.25) is 33.7 Å². The highest BCUT2D eigenvalue weighted by molar-refractivity contribution is 6.13. The first kappa shape index (κ1) is 43.6. The molecule has 7 atom stereocenters. The molecule has 0 bridgehead atoms. The number of aromatic amines is 1. The predicted molar refractivity (Wildman–Crippen MR) is 206 cm³/mol. The summed E-state index contributed by atoms with van der Waals surface area (Å²) in [6.45, 7) is 5.76. The smallest absolute Gasteiger partial charge is 0.410 e. The molecular formula is C37H47N11O11. The summed E-state index contributed by atoms with van der Waals surface area (Å²) in [4.78, 5) is 104. The molecule has 22 nitrogen and oxygen atoms in total. The second-order valence-electron chi connectivity index (χ2n) is 14.3. The summed E-state index contributed by atoms with van der Waals surface area (Å²) in [6.07, 6.45) is -0.846. The lowest BCUT2D eigenvalue weighted by Crippen LogP contribution is -2.64. The van der Waals surface area contributed by atoms with Crippen LogP contribution < -0.4 is 26.6 Å². The lowest BCUT2D eigenvalue weighted by Gasteiger charge is -2.42. The van der Waals surface area contributed by atoms with Gasteiger partial charge in [-0.25, -0.2) is 19.7 Å². The number of H-pyrrole nitrogens is 1. The number of rotatable bonds is 16. The lowest BCUT2D eigenvalue weighted by atomic mass is 9.96. The molecule has 316 valence electrons. The zero-order chi connectivity index (χ0) is 43.0. The largest absolute Gasteiger partial charge is 0.445 e. The number of anilines is 2. The van der Waals surface area contributed by atoms with Crippen LogP contribution in [0.1, 0.15) is 39.7 Å². The van der Waals surface area contributed by atoms with Crippen LogP contribution in [0.2, 0.25) is 0 Å². The number of amides is 7. The van der Waals surface area contributed by atoms with Crippen LogP contribution in [0.4, 0.5) is 16.3 Å². The average molecular weight is 822 g/mol. The lowest BCUT2D eigenvalue weighted by molar-refractivity contribution is -0.172. The normalized spacial score (nSPS) is 21.2. The van der Waals surface area contributed by atoms with Gasteiger partial charge in [-0.15, -0.1) is 0 Å². The predicted octanol–water partition coefficient (Wildman–Crippen LogP) is -1.12. The molecule has 8 N–H and O–H groups in total. The van der Waals surface area contributed by atoms with Gasteiger partial charge in [0, 0.05) is 37.9 Å². The van der Waals surface area contributed by atoms with Gasteiger partial charge >= 0.3 is 6.09 Å². The van der Waals surface area contributed by atoms with Gasteiger partial charge in [0.2, 0.25) is 23.6 Å². The molecule has 0 spiro atoms. The van der Waals surface area contributed by atoms with Gasteiger partial charge in [0.05, 0.1) is 18.5 Å². The van der Waals surface area contributed by atoms with Crippen molar-refractivity contribution in [3.63, 3.8) is 0 Å². The van der Waals surface area contributed by atoms with E-state index in [9.17, 15) is 43.8 Å². The summed E-state index contributed by atoms with van der Waals surface area (Å²) in [5.41, 5.74) is 1.80. The van der Waals surface area contributed by atoms with E-state index in [-0.39, 0.29) is 25.5 Å². The Labute approximate surface area is 337 Å². The Kier molecular flexibility index (Phi) is 14.2. The van der Waals surface area contributed by atoms with Crippen molar-refractivity contribution < 1.29 is 53.2 Å². The van der Waals surface area contributed by atoms with Crippen LogP contribution in [-0.2, 0) is 44.8 Å². The van der Waals surface area contributed by atoms with Crippen LogP contribution >= 0.6 is 0 Å². The molecule has 5 rings (SSSR count). The van der Waals surface area contributed by atoms with E-state index in [0.29, 0.717) is 28.2 Å². The Morgan fingerprint density at radius 3 is 2.32 bits per heavy atom. The number of imide groups is 1. The van der Waals surface area contributed by atoms with Gasteiger partial charge in [-0.2, -0.15) is 0 Å². The highest BCUT2D eigenvalue weighted by Gasteiger charge is 2.44. The quantitative estimate of drug-likeness (QED) is 0.0795. The number of aromatic nitrogens is 4. The van der Waals surface area contributed by atoms with Crippen molar-refractivity contribution in [3.05, 3.63) is 54.6 Å². The Balaban J connectivity index is 1.02. The summed E-state index contributed by atoms with van der Waals surface area (Å²) in [5.74, 6) is -3.43. The molecule has 22 heteroatoms. The number of aliphatic hydroxyl groups excluding tert-OH is 2. The zero-order valence-electron chi connectivity index (χ0n) is 32.9. The second kappa shape index (κ2) is 19.3. The number of benzene rings is 1. The van der Waals surface area contributed by atoms with Crippen LogP contribution in [0.5, 0.6) is 0 Å². The summed E-state index contributed by atoms with van der Waals surface area (Å²) in [7, 11) is 1.35. The molecule has 2 aliphatic heterocycles. The van der Waals surface area contributed by atoms with Crippen LogP contribution in [0, 0.1) is 5.92 Å². The number of hydrogen-bond donors (Lipinski definition) is 8. The van der Waals surface area contributed by atoms with Gasteiger partial charge < -0.3 is 56.2 Å². The molecule has 0 radical (unpaired) electrons. The van der Waals surface area contributed by atoms with Crippen molar-refractivity contribution in [3.8, 4) is 0 Å². The maximum absolute atomic E-state index is 13.0. The van der Waals surface area contributed by atoms with Gasteiger partial charge in [0.25, 0.3) is 11.8 Å². The molecule has 0 unspecified atom stereocenters. The third-order valence-corrected chi connectivity index (χ3v) is 9.48. The SMILES string of the molecule is CC(C)[C@H](NC(=O)CCN1C(=O)C=CC1=O)C(=O)N[C@@H](C)C(=O)Nc1ccc(COC(=O)N(C)CC(=O)N[C@@H]2[C@@H](O)[C@H](O)[C@@H](Nc3ncnc4nc[nH]c34)O[C@H]2C)cc1. The van der Waals surface area contributed by atoms with Crippen molar-refractivity contribution in [1.82, 2.24) is 45.7 Å². The van der Waals surface area contributed by atoms with Crippen molar-refractivity contribution >= 4 is 64.2 Å². The van der Waals surface area contributed by atoms with E-state index in [1.807, 2.05) is 0 Å². The fourth-order valence-electron chi connectivity index (χ4n) is 6.11. The van der Waals surface area contributed by atoms with E-state index < -0.39 is 90.7 Å². The zero-order valence-corrected chi connectivity index (χ0v) is 32.9. The topological polar surface area (TPSA) is 300 Å². The van der Waals surface area contributed by atoms with Crippen LogP contribution in [0.15, 0.2) is 49.1 Å². The number of hydrogen-bond acceptors (Lipinski definition) is 15. The Morgan fingerprint density at radius 1 is 0.949 bits per heavy atom. The molecule has 0 saturated carbocycles. The minimum atomic E-state index is -1.47. The molecule has 2 aliphatic rings. The van der Waals surface area contributed by atoms with Crippen LogP contribution in [0.3, 0.4) is 0 Å². The minimum Gasteiger partial charge on any atom is -0.445 e. The fraction of sp³-hybridized carbons (Fsp3) is 0.459. The van der Waals surface area contributed by atoms with Gasteiger partial charge in [0.1, 0.15) is 49.3 Å². The van der Waals surface area contributed by atoms with E-state index in [1.165, 1.54) is 26.6 Å². The summed E-state index contributed by atoms with van der Waals surface area (Å²) in [6, 6.07) is 3.32. The number of nitrogens with zero attached hydrogens (tertiary/aromatic N) is 5. The molecule has 1 saturated heterocycles. The Hall–Kier alpha value is -6.52. The maximum atomic E-state index is 13.0. The van der Waals surface area contributed by atoms with Gasteiger partial charge in [-0.05, 0) is 37.5 Å². The van der Waals surface area contributed by atoms with E-state index in [4.69, 9.17) is 9.47 Å². The first-order chi connectivity index (χ1) is 28.0. The first-order valence-electron chi connectivity index (χ1n) is 18.6. The number of fused-ring (bicyclic) bond motifs is 1. The molecular weight excluding hydrogens is 774 g/mol. The van der Waals surface area contributed by atoms with Crippen LogP contribution in [0.25, 0.3) is 11.2 Å². The third kappa shape index (κ3) is 11.1. The highest BCUT2D eigenvalue weighted by atomic mass is 16.6. The number of ether oxygens (including phenoxy) is 2. The van der Waals surface area contributed by atoms with Gasteiger partial charge in [-0.1, -0.05) is 26.0 Å². The molecule has 2 aromatic heterocycles. The summed E-state index contributed by atoms with van der Waals surface area (Å²) >= 11 is 0. The standard InChI is InChI=1S/C37H47N11O11/c1-18(2)27(44-23(49)12-13-48-25(51)10-11-26(48)52)35(56)42-19(3)34(55)43-22-8-6-21(7-9-22)15-58-37(57)47(5)14-24(50)45-28-20(4)59-36(31(54)30(28)53)46-33-29-32(39-16-38-29)40-17-41-33/h6-11,16-20,27-28,30-31,36,53-54H,12-15H2,1-5H3,(H,42,56)(H,43,55)(H,44,49)(H,45,50)(H2,38,39,40,41,46)/t19-,20-,27-,28-,30+,31-,36-/m0/s1.